The van der Waals surface area contributed by atoms with Gasteiger partial charge in [-0.25, -0.2) is 0 Å². The van der Waals surface area contributed by atoms with Crippen molar-refractivity contribution in [3.05, 3.63) is 46.2 Å². The van der Waals surface area contributed by atoms with Crippen LogP contribution >= 0.6 is 0 Å². The van der Waals surface area contributed by atoms with E-state index in [2.05, 4.69) is 10.3 Å². The summed E-state index contributed by atoms with van der Waals surface area (Å²) < 4.78 is 4.99. The van der Waals surface area contributed by atoms with Gasteiger partial charge in [-0.05, 0) is 18.6 Å². The lowest BCUT2D eigenvalue weighted by molar-refractivity contribution is 0.0874. The molecule has 1 unspecified atom stereocenters. The highest BCUT2D eigenvalue weighted by Crippen LogP contribution is 2.07. The maximum absolute atomic E-state index is 12.2. The number of carbonyl (C=O) groups is 1. The summed E-state index contributed by atoms with van der Waals surface area (Å²) >= 11 is 0. The summed E-state index contributed by atoms with van der Waals surface area (Å²) in [5, 5.41) is 12.2. The Morgan fingerprint density at radius 1 is 1.43 bits per heavy atom. The molecule has 0 bridgehead atoms. The van der Waals surface area contributed by atoms with Crippen molar-refractivity contribution >= 4 is 16.8 Å². The number of carbonyl (C=O) groups excluding carboxylic acids is 1. The van der Waals surface area contributed by atoms with Crippen molar-refractivity contribution in [3.8, 4) is 0 Å². The van der Waals surface area contributed by atoms with Gasteiger partial charge in [-0.3, -0.25) is 9.59 Å². The Balaban J connectivity index is 2.24. The van der Waals surface area contributed by atoms with Crippen molar-refractivity contribution in [2.75, 3.05) is 20.3 Å². The van der Waals surface area contributed by atoms with Crippen LogP contribution in [0.5, 0.6) is 0 Å². The monoisotopic (exact) mass is 290 g/mol. The smallest absolute Gasteiger partial charge is 0.268 e. The van der Waals surface area contributed by atoms with E-state index in [9.17, 15) is 9.59 Å². The lowest BCUT2D eigenvalue weighted by Gasteiger charge is -2.16. The molecule has 1 aromatic heterocycles. The zero-order valence-electron chi connectivity index (χ0n) is 11.8. The number of aliphatic hydroxyl groups excluding tert-OH is 1. The fourth-order valence-electron chi connectivity index (χ4n) is 2.14. The van der Waals surface area contributed by atoms with Gasteiger partial charge in [0.15, 0.2) is 5.43 Å². The number of ether oxygens (including phenoxy) is 1. The van der Waals surface area contributed by atoms with Gasteiger partial charge in [0.25, 0.3) is 5.91 Å². The predicted octanol–water partition coefficient (Wildman–Crippen LogP) is 0.655. The summed E-state index contributed by atoms with van der Waals surface area (Å²) in [6.45, 7) is 0.243. The van der Waals surface area contributed by atoms with Crippen LogP contribution in [0.4, 0.5) is 0 Å². The Kier molecular flexibility index (Phi) is 5.08. The van der Waals surface area contributed by atoms with E-state index in [4.69, 9.17) is 9.84 Å². The summed E-state index contributed by atoms with van der Waals surface area (Å²) in [7, 11) is 1.52. The molecule has 0 fully saturated rings. The molecule has 0 aliphatic rings. The average molecular weight is 290 g/mol. The molecular weight excluding hydrogens is 272 g/mol. The van der Waals surface area contributed by atoms with E-state index in [1.807, 2.05) is 0 Å². The first-order chi connectivity index (χ1) is 10.2. The van der Waals surface area contributed by atoms with Crippen LogP contribution in [0.15, 0.2) is 35.1 Å². The van der Waals surface area contributed by atoms with Gasteiger partial charge in [-0.1, -0.05) is 12.1 Å². The number of aliphatic hydroxyl groups is 1. The molecule has 21 heavy (non-hydrogen) atoms. The highest BCUT2D eigenvalue weighted by Gasteiger charge is 2.15. The molecule has 2 aromatic rings. The predicted molar refractivity (Wildman–Crippen MR) is 79.4 cm³/mol. The summed E-state index contributed by atoms with van der Waals surface area (Å²) in [6.07, 6.45) is 0.386. The largest absolute Gasteiger partial charge is 0.396 e. The Morgan fingerprint density at radius 2 is 2.19 bits per heavy atom. The molecule has 0 aliphatic heterocycles. The van der Waals surface area contributed by atoms with Crippen LogP contribution in [0.25, 0.3) is 10.9 Å². The minimum absolute atomic E-state index is 0.0530. The van der Waals surface area contributed by atoms with Crippen molar-refractivity contribution in [1.82, 2.24) is 10.3 Å². The summed E-state index contributed by atoms with van der Waals surface area (Å²) in [5.41, 5.74) is 0.596. The second kappa shape index (κ2) is 7.01. The molecule has 1 heterocycles. The highest BCUT2D eigenvalue weighted by atomic mass is 16.5. The topological polar surface area (TPSA) is 91.4 Å². The molecular formula is C15H18N2O4. The molecule has 2 rings (SSSR count). The van der Waals surface area contributed by atoms with Crippen molar-refractivity contribution in [2.45, 2.75) is 12.5 Å². The van der Waals surface area contributed by atoms with Crippen molar-refractivity contribution < 1.29 is 14.6 Å². The first-order valence-electron chi connectivity index (χ1n) is 6.68. The van der Waals surface area contributed by atoms with E-state index < -0.39 is 5.91 Å². The number of nitrogens with one attached hydrogen (secondary N) is 2. The summed E-state index contributed by atoms with van der Waals surface area (Å²) in [6, 6.07) is 7.98. The number of H-pyrrole nitrogens is 1. The average Bonchev–Trinajstić information content (AvgIpc) is 2.47. The number of aromatic amines is 1. The number of aromatic nitrogens is 1. The number of fused-ring (bicyclic) bond motifs is 1. The molecule has 1 atom stereocenters. The molecule has 112 valence electrons. The van der Waals surface area contributed by atoms with Crippen LogP contribution in [0.3, 0.4) is 0 Å². The van der Waals surface area contributed by atoms with Crippen LogP contribution < -0.4 is 10.7 Å². The third kappa shape index (κ3) is 3.68. The normalized spacial score (nSPS) is 12.3. The maximum atomic E-state index is 12.2. The van der Waals surface area contributed by atoms with Gasteiger partial charge in [0.05, 0.1) is 12.6 Å². The molecule has 0 spiro atoms. The lowest BCUT2D eigenvalue weighted by Crippen LogP contribution is -2.39. The molecule has 6 heteroatoms. The third-order valence-electron chi connectivity index (χ3n) is 3.16. The third-order valence-corrected chi connectivity index (χ3v) is 3.16. The Hall–Kier alpha value is -2.18. The van der Waals surface area contributed by atoms with Crippen molar-refractivity contribution in [2.24, 2.45) is 0 Å². The van der Waals surface area contributed by atoms with Crippen molar-refractivity contribution in [1.29, 1.82) is 0 Å². The van der Waals surface area contributed by atoms with Gasteiger partial charge >= 0.3 is 0 Å². The molecule has 1 amide bonds. The molecule has 3 N–H and O–H groups in total. The SMILES string of the molecule is COCC(CCO)NC(=O)c1cc(=O)c2ccccc2[nH]1. The van der Waals surface area contributed by atoms with Crippen LogP contribution in [-0.2, 0) is 4.74 Å². The quantitative estimate of drug-likeness (QED) is 0.728. The standard InChI is InChI=1S/C15H18N2O4/c1-21-9-10(6-7-18)16-15(20)13-8-14(19)11-4-2-3-5-12(11)17-13/h2-5,8,10,18H,6-7,9H2,1H3,(H,16,20)(H,17,19). The van der Waals surface area contributed by atoms with Crippen LogP contribution in [0, 0.1) is 0 Å². The van der Waals surface area contributed by atoms with E-state index in [-0.39, 0.29) is 23.8 Å². The number of methoxy groups -OCH3 is 1. The van der Waals surface area contributed by atoms with Crippen LogP contribution in [0.2, 0.25) is 0 Å². The minimum Gasteiger partial charge on any atom is -0.396 e. The highest BCUT2D eigenvalue weighted by molar-refractivity contribution is 5.94. The first kappa shape index (κ1) is 15.2. The molecule has 0 radical (unpaired) electrons. The number of pyridine rings is 1. The molecule has 6 nitrogen and oxygen atoms in total. The van der Waals surface area contributed by atoms with E-state index in [0.29, 0.717) is 23.9 Å². The van der Waals surface area contributed by atoms with Gasteiger partial charge in [0.2, 0.25) is 0 Å². The van der Waals surface area contributed by atoms with Gasteiger partial charge in [0, 0.05) is 30.7 Å². The Labute approximate surface area is 121 Å². The molecule has 0 saturated carbocycles. The van der Waals surface area contributed by atoms with Crippen molar-refractivity contribution in [3.63, 3.8) is 0 Å². The molecule has 1 aromatic carbocycles. The number of benzene rings is 1. The van der Waals surface area contributed by atoms with E-state index in [0.717, 1.165) is 0 Å². The summed E-state index contributed by atoms with van der Waals surface area (Å²) in [4.78, 5) is 27.1. The number of para-hydroxylation sites is 1. The maximum Gasteiger partial charge on any atom is 0.268 e. The second-order valence-corrected chi connectivity index (χ2v) is 4.73. The Bertz CT molecular complexity index is 675. The Morgan fingerprint density at radius 3 is 2.90 bits per heavy atom. The van der Waals surface area contributed by atoms with Gasteiger partial charge in [0.1, 0.15) is 5.69 Å². The number of rotatable bonds is 6. The fourth-order valence-corrected chi connectivity index (χ4v) is 2.14. The van der Waals surface area contributed by atoms with E-state index >= 15 is 0 Å². The number of hydrogen-bond donors (Lipinski definition) is 3. The second-order valence-electron chi connectivity index (χ2n) is 4.73. The van der Waals surface area contributed by atoms with Gasteiger partial charge < -0.3 is 20.1 Å². The minimum atomic E-state index is -0.395. The zero-order chi connectivity index (χ0) is 15.2. The molecule has 0 saturated heterocycles. The van der Waals surface area contributed by atoms with Gasteiger partial charge in [-0.15, -0.1) is 0 Å². The number of amides is 1. The van der Waals surface area contributed by atoms with Gasteiger partial charge in [-0.2, -0.15) is 0 Å². The first-order valence-corrected chi connectivity index (χ1v) is 6.68. The molecule has 0 aliphatic carbocycles. The van der Waals surface area contributed by atoms with Crippen LogP contribution in [-0.4, -0.2) is 42.4 Å². The number of hydrogen-bond acceptors (Lipinski definition) is 4. The fraction of sp³-hybridized carbons (Fsp3) is 0.333. The van der Waals surface area contributed by atoms with E-state index in [1.54, 1.807) is 24.3 Å². The summed E-state index contributed by atoms with van der Waals surface area (Å²) in [5.74, 6) is -0.395. The van der Waals surface area contributed by atoms with Crippen LogP contribution in [0.1, 0.15) is 16.9 Å². The zero-order valence-corrected chi connectivity index (χ0v) is 11.8. The van der Waals surface area contributed by atoms with E-state index in [1.165, 1.54) is 13.2 Å². The lowest BCUT2D eigenvalue weighted by atomic mass is 10.1.